The number of nitrogens with zero attached hydrogens (tertiary/aromatic N) is 5. The second kappa shape index (κ2) is 7.26. The Bertz CT molecular complexity index is 738. The summed E-state index contributed by atoms with van der Waals surface area (Å²) in [6.45, 7) is 7.07. The fourth-order valence-electron chi connectivity index (χ4n) is 3.83. The van der Waals surface area contributed by atoms with E-state index in [0.717, 1.165) is 51.4 Å². The van der Waals surface area contributed by atoms with E-state index in [1.54, 1.807) is 0 Å². The zero-order valence-electron chi connectivity index (χ0n) is 14.7. The SMILES string of the molecule is Cc1nc2c(c(N3CCN(Cc4ccc(Cl)nc4)CC3)n1)CCCC2. The van der Waals surface area contributed by atoms with Gasteiger partial charge in [-0.1, -0.05) is 17.7 Å². The quantitative estimate of drug-likeness (QED) is 0.790. The van der Waals surface area contributed by atoms with Crippen LogP contribution in [-0.2, 0) is 19.4 Å². The minimum Gasteiger partial charge on any atom is -0.354 e. The highest BCUT2D eigenvalue weighted by atomic mass is 35.5. The molecule has 5 nitrogen and oxygen atoms in total. The average molecular weight is 358 g/mol. The van der Waals surface area contributed by atoms with Gasteiger partial charge in [0.2, 0.25) is 0 Å². The lowest BCUT2D eigenvalue weighted by atomic mass is 9.96. The van der Waals surface area contributed by atoms with Crippen molar-refractivity contribution in [3.63, 3.8) is 0 Å². The van der Waals surface area contributed by atoms with Gasteiger partial charge in [-0.3, -0.25) is 4.90 Å². The Morgan fingerprint density at radius 2 is 1.84 bits per heavy atom. The highest BCUT2D eigenvalue weighted by Gasteiger charge is 2.24. The standard InChI is InChI=1S/C19H24ClN5/c1-14-22-17-5-3-2-4-16(17)19(23-14)25-10-8-24(9-11-25)13-15-6-7-18(20)21-12-15/h6-7,12H,2-5,8-11,13H2,1H3. The second-order valence-corrected chi connectivity index (χ2v) is 7.37. The number of hydrogen-bond donors (Lipinski definition) is 0. The summed E-state index contributed by atoms with van der Waals surface area (Å²) in [4.78, 5) is 18.6. The van der Waals surface area contributed by atoms with Crippen LogP contribution in [0.3, 0.4) is 0 Å². The first-order valence-electron chi connectivity index (χ1n) is 9.13. The van der Waals surface area contributed by atoms with Crippen molar-refractivity contribution in [3.8, 4) is 0 Å². The molecule has 0 N–H and O–H groups in total. The maximum atomic E-state index is 5.87. The van der Waals surface area contributed by atoms with Crippen LogP contribution in [0, 0.1) is 6.92 Å². The van der Waals surface area contributed by atoms with Crippen molar-refractivity contribution in [1.82, 2.24) is 19.9 Å². The molecule has 1 aliphatic heterocycles. The zero-order valence-corrected chi connectivity index (χ0v) is 15.5. The monoisotopic (exact) mass is 357 g/mol. The molecule has 2 aromatic heterocycles. The summed E-state index contributed by atoms with van der Waals surface area (Å²) in [5.74, 6) is 2.10. The predicted octanol–water partition coefficient (Wildman–Crippen LogP) is 3.03. The lowest BCUT2D eigenvalue weighted by Gasteiger charge is -2.37. The molecule has 0 atom stereocenters. The van der Waals surface area contributed by atoms with Gasteiger partial charge in [0.15, 0.2) is 0 Å². The Kier molecular flexibility index (Phi) is 4.86. The molecule has 1 saturated heterocycles. The number of anilines is 1. The molecule has 0 bridgehead atoms. The maximum Gasteiger partial charge on any atom is 0.135 e. The molecule has 1 fully saturated rings. The van der Waals surface area contributed by atoms with E-state index in [9.17, 15) is 0 Å². The van der Waals surface area contributed by atoms with Crippen molar-refractivity contribution >= 4 is 17.4 Å². The Balaban J connectivity index is 1.43. The van der Waals surface area contributed by atoms with E-state index in [4.69, 9.17) is 16.6 Å². The van der Waals surface area contributed by atoms with E-state index in [1.807, 2.05) is 19.2 Å². The molecule has 0 unspecified atom stereocenters. The van der Waals surface area contributed by atoms with Gasteiger partial charge in [-0.25, -0.2) is 15.0 Å². The van der Waals surface area contributed by atoms with Gasteiger partial charge in [-0.05, 0) is 44.2 Å². The molecule has 0 aromatic carbocycles. The van der Waals surface area contributed by atoms with Crippen LogP contribution >= 0.6 is 11.6 Å². The maximum absolute atomic E-state index is 5.87. The van der Waals surface area contributed by atoms with Crippen molar-refractivity contribution < 1.29 is 0 Å². The van der Waals surface area contributed by atoms with Crippen LogP contribution in [0.15, 0.2) is 18.3 Å². The first-order valence-corrected chi connectivity index (χ1v) is 9.51. The number of aryl methyl sites for hydroxylation is 2. The van der Waals surface area contributed by atoms with E-state index in [1.165, 1.54) is 35.5 Å². The van der Waals surface area contributed by atoms with E-state index in [2.05, 4.69) is 25.8 Å². The van der Waals surface area contributed by atoms with Crippen molar-refractivity contribution in [2.24, 2.45) is 0 Å². The van der Waals surface area contributed by atoms with Crippen molar-refractivity contribution in [1.29, 1.82) is 0 Å². The van der Waals surface area contributed by atoms with Crippen LogP contribution < -0.4 is 4.90 Å². The highest BCUT2D eigenvalue weighted by molar-refractivity contribution is 6.29. The van der Waals surface area contributed by atoms with Crippen LogP contribution in [0.5, 0.6) is 0 Å². The smallest absolute Gasteiger partial charge is 0.135 e. The second-order valence-electron chi connectivity index (χ2n) is 6.98. The lowest BCUT2D eigenvalue weighted by molar-refractivity contribution is 0.249. The van der Waals surface area contributed by atoms with Crippen LogP contribution in [0.2, 0.25) is 5.15 Å². The third-order valence-electron chi connectivity index (χ3n) is 5.14. The first-order chi connectivity index (χ1) is 12.2. The molecule has 2 aliphatic rings. The molecule has 4 rings (SSSR count). The molecular formula is C19H24ClN5. The summed E-state index contributed by atoms with van der Waals surface area (Å²) >= 11 is 5.87. The summed E-state index contributed by atoms with van der Waals surface area (Å²) in [7, 11) is 0. The van der Waals surface area contributed by atoms with E-state index in [0.29, 0.717) is 5.15 Å². The predicted molar refractivity (Wildman–Crippen MR) is 100 cm³/mol. The Morgan fingerprint density at radius 1 is 1.04 bits per heavy atom. The van der Waals surface area contributed by atoms with Crippen molar-refractivity contribution in [3.05, 3.63) is 46.1 Å². The number of fused-ring (bicyclic) bond motifs is 1. The van der Waals surface area contributed by atoms with Gasteiger partial charge < -0.3 is 4.90 Å². The van der Waals surface area contributed by atoms with Crippen LogP contribution in [0.25, 0.3) is 0 Å². The fraction of sp³-hybridized carbons (Fsp3) is 0.526. The zero-order chi connectivity index (χ0) is 17.2. The van der Waals surface area contributed by atoms with Gasteiger partial charge >= 0.3 is 0 Å². The van der Waals surface area contributed by atoms with Gasteiger partial charge in [-0.2, -0.15) is 0 Å². The third kappa shape index (κ3) is 3.77. The largest absolute Gasteiger partial charge is 0.354 e. The van der Waals surface area contributed by atoms with Gasteiger partial charge in [0, 0.05) is 50.2 Å². The first kappa shape index (κ1) is 16.7. The molecule has 0 amide bonds. The summed E-state index contributed by atoms with van der Waals surface area (Å²) in [5.41, 5.74) is 3.89. The van der Waals surface area contributed by atoms with Crippen molar-refractivity contribution in [2.45, 2.75) is 39.2 Å². The number of aromatic nitrogens is 3. The van der Waals surface area contributed by atoms with Crippen molar-refractivity contribution in [2.75, 3.05) is 31.1 Å². The summed E-state index contributed by atoms with van der Waals surface area (Å²) in [5, 5.41) is 0.553. The minimum atomic E-state index is 0.553. The minimum absolute atomic E-state index is 0.553. The van der Waals surface area contributed by atoms with Crippen LogP contribution in [0.1, 0.15) is 35.5 Å². The highest BCUT2D eigenvalue weighted by Crippen LogP contribution is 2.28. The molecule has 0 saturated carbocycles. The van der Waals surface area contributed by atoms with Gasteiger partial charge in [0.25, 0.3) is 0 Å². The number of rotatable bonds is 3. The molecule has 1 aliphatic carbocycles. The van der Waals surface area contributed by atoms with Crippen LogP contribution in [-0.4, -0.2) is 46.0 Å². The molecule has 132 valence electrons. The summed E-state index contributed by atoms with van der Waals surface area (Å²) in [6.07, 6.45) is 6.62. The molecule has 0 spiro atoms. The fourth-order valence-corrected chi connectivity index (χ4v) is 3.94. The van der Waals surface area contributed by atoms with E-state index >= 15 is 0 Å². The Labute approximate surface area is 154 Å². The molecule has 0 radical (unpaired) electrons. The molecule has 25 heavy (non-hydrogen) atoms. The van der Waals surface area contributed by atoms with E-state index in [-0.39, 0.29) is 0 Å². The normalized spacial score (nSPS) is 18.2. The average Bonchev–Trinajstić information content (AvgIpc) is 2.63. The lowest BCUT2D eigenvalue weighted by Crippen LogP contribution is -2.46. The van der Waals surface area contributed by atoms with Crippen LogP contribution in [0.4, 0.5) is 5.82 Å². The molecule has 3 heterocycles. The van der Waals surface area contributed by atoms with E-state index < -0.39 is 0 Å². The third-order valence-corrected chi connectivity index (χ3v) is 5.36. The number of piperazine rings is 1. The van der Waals surface area contributed by atoms with Gasteiger partial charge in [0.1, 0.15) is 16.8 Å². The van der Waals surface area contributed by atoms with Gasteiger partial charge in [-0.15, -0.1) is 0 Å². The molecular weight excluding hydrogens is 334 g/mol. The number of pyridine rings is 1. The summed E-state index contributed by atoms with van der Waals surface area (Å²) < 4.78 is 0. The Morgan fingerprint density at radius 3 is 2.60 bits per heavy atom. The topological polar surface area (TPSA) is 45.2 Å². The van der Waals surface area contributed by atoms with Gasteiger partial charge in [0.05, 0.1) is 0 Å². The molecule has 2 aromatic rings. The summed E-state index contributed by atoms with van der Waals surface area (Å²) in [6, 6.07) is 3.93. The Hall–Kier alpha value is -1.72. The number of halogens is 1. The molecule has 6 heteroatoms. The number of hydrogen-bond acceptors (Lipinski definition) is 5.